The van der Waals surface area contributed by atoms with Crippen LogP contribution in [0.25, 0.3) is 0 Å². The highest BCUT2D eigenvalue weighted by Crippen LogP contribution is 2.22. The normalized spacial score (nSPS) is 11.4. The number of nitrogens with one attached hydrogen (secondary N) is 2. The Balaban J connectivity index is 2.30. The lowest BCUT2D eigenvalue weighted by Crippen LogP contribution is -2.26. The van der Waals surface area contributed by atoms with Crippen molar-refractivity contribution in [2.45, 2.75) is 31.0 Å². The number of aromatic nitrogens is 2. The monoisotopic (exact) mass is 342 g/mol. The van der Waals surface area contributed by atoms with E-state index in [0.29, 0.717) is 13.1 Å². The Morgan fingerprint density at radius 1 is 1.41 bits per heavy atom. The van der Waals surface area contributed by atoms with Crippen molar-refractivity contribution in [2.24, 2.45) is 0 Å². The number of carbonyl (C=O) groups excluding carboxylic acids is 1. The summed E-state index contributed by atoms with van der Waals surface area (Å²) in [6, 6.07) is 3.16. The van der Waals surface area contributed by atoms with Gasteiger partial charge in [-0.05, 0) is 24.8 Å². The van der Waals surface area contributed by atoms with Gasteiger partial charge in [-0.3, -0.25) is 14.2 Å². The molecule has 2 N–H and O–H groups in total. The molecule has 0 bridgehead atoms. The second-order valence-corrected chi connectivity index (χ2v) is 7.40. The number of thiophene rings is 1. The minimum Gasteiger partial charge on any atom is -0.351 e. The third-order valence-corrected chi connectivity index (χ3v) is 5.60. The summed E-state index contributed by atoms with van der Waals surface area (Å²) in [7, 11) is -3.71. The molecule has 7 nitrogen and oxygen atoms in total. The summed E-state index contributed by atoms with van der Waals surface area (Å²) in [4.78, 5) is 12.1. The molecule has 0 saturated heterocycles. The topological polar surface area (TPSA) is 93.1 Å². The molecule has 0 atom stereocenters. The second-order valence-electron chi connectivity index (χ2n) is 4.54. The van der Waals surface area contributed by atoms with Gasteiger partial charge in [-0.25, -0.2) is 8.42 Å². The summed E-state index contributed by atoms with van der Waals surface area (Å²) in [5.74, 6) is -0.391. The Labute approximate surface area is 133 Å². The number of anilines is 1. The molecule has 0 spiro atoms. The summed E-state index contributed by atoms with van der Waals surface area (Å²) in [6.07, 6.45) is 2.31. The third-order valence-electron chi connectivity index (χ3n) is 2.84. The SMILES string of the molecule is CCCNC(=O)c1nn(CC)cc1NS(=O)(=O)c1cccs1. The summed E-state index contributed by atoms with van der Waals surface area (Å²) >= 11 is 1.11. The average Bonchev–Trinajstić information content (AvgIpc) is 3.13. The maximum Gasteiger partial charge on any atom is 0.273 e. The molecule has 0 unspecified atom stereocenters. The van der Waals surface area contributed by atoms with E-state index in [2.05, 4.69) is 15.1 Å². The zero-order valence-electron chi connectivity index (χ0n) is 12.4. The fourth-order valence-electron chi connectivity index (χ4n) is 1.76. The van der Waals surface area contributed by atoms with Crippen molar-refractivity contribution in [3.8, 4) is 0 Å². The molecule has 0 aromatic carbocycles. The van der Waals surface area contributed by atoms with E-state index in [1.165, 1.54) is 16.9 Å². The molecule has 120 valence electrons. The lowest BCUT2D eigenvalue weighted by Gasteiger charge is -2.06. The minimum absolute atomic E-state index is 0.0791. The Hall–Kier alpha value is -1.87. The standard InChI is InChI=1S/C13H18N4O3S2/c1-3-7-14-13(18)12-10(9-17(4-2)15-12)16-22(19,20)11-6-5-8-21-11/h5-6,8-9,16H,3-4,7H2,1-2H3,(H,14,18). The molecule has 2 aromatic rings. The summed E-state index contributed by atoms with van der Waals surface area (Å²) in [6.45, 7) is 4.84. The van der Waals surface area contributed by atoms with Gasteiger partial charge in [0, 0.05) is 19.3 Å². The quantitative estimate of drug-likeness (QED) is 0.804. The Kier molecular flexibility index (Phi) is 5.19. The zero-order chi connectivity index (χ0) is 16.2. The fourth-order valence-corrected chi connectivity index (χ4v) is 3.80. The van der Waals surface area contributed by atoms with Crippen molar-refractivity contribution in [2.75, 3.05) is 11.3 Å². The number of hydrogen-bond donors (Lipinski definition) is 2. The molecule has 0 aliphatic rings. The lowest BCUT2D eigenvalue weighted by molar-refractivity contribution is 0.0948. The molecule has 9 heteroatoms. The van der Waals surface area contributed by atoms with Crippen molar-refractivity contribution in [3.05, 3.63) is 29.4 Å². The maximum absolute atomic E-state index is 12.3. The van der Waals surface area contributed by atoms with Crippen LogP contribution < -0.4 is 10.0 Å². The van der Waals surface area contributed by atoms with E-state index in [4.69, 9.17) is 0 Å². The number of amides is 1. The predicted molar refractivity (Wildman–Crippen MR) is 85.7 cm³/mol. The van der Waals surface area contributed by atoms with Crippen LogP contribution >= 0.6 is 11.3 Å². The number of carbonyl (C=O) groups is 1. The van der Waals surface area contributed by atoms with Crippen LogP contribution in [0.4, 0.5) is 5.69 Å². The van der Waals surface area contributed by atoms with Crippen LogP contribution in [0.15, 0.2) is 27.9 Å². The van der Waals surface area contributed by atoms with Crippen molar-refractivity contribution in [3.63, 3.8) is 0 Å². The van der Waals surface area contributed by atoms with Gasteiger partial charge >= 0.3 is 0 Å². The van der Waals surface area contributed by atoms with E-state index in [1.54, 1.807) is 11.4 Å². The van der Waals surface area contributed by atoms with Crippen LogP contribution in [-0.2, 0) is 16.6 Å². The summed E-state index contributed by atoms with van der Waals surface area (Å²) in [5, 5.41) is 8.51. The second kappa shape index (κ2) is 6.93. The smallest absolute Gasteiger partial charge is 0.273 e. The van der Waals surface area contributed by atoms with E-state index < -0.39 is 15.9 Å². The molecule has 0 radical (unpaired) electrons. The molecule has 0 aliphatic heterocycles. The van der Waals surface area contributed by atoms with Gasteiger partial charge in [0.1, 0.15) is 4.21 Å². The number of rotatable bonds is 7. The van der Waals surface area contributed by atoms with Crippen LogP contribution in [-0.4, -0.2) is 30.7 Å². The van der Waals surface area contributed by atoms with Gasteiger partial charge in [0.05, 0.1) is 5.69 Å². The highest BCUT2D eigenvalue weighted by Gasteiger charge is 2.22. The first-order chi connectivity index (χ1) is 10.5. The molecular formula is C13H18N4O3S2. The number of sulfonamides is 1. The van der Waals surface area contributed by atoms with Gasteiger partial charge in [-0.2, -0.15) is 5.10 Å². The summed E-state index contributed by atoms with van der Waals surface area (Å²) < 4.78 is 28.7. The first-order valence-corrected chi connectivity index (χ1v) is 9.26. The van der Waals surface area contributed by atoms with Crippen LogP contribution in [0, 0.1) is 0 Å². The van der Waals surface area contributed by atoms with Gasteiger partial charge in [0.25, 0.3) is 15.9 Å². The van der Waals surface area contributed by atoms with Crippen LogP contribution in [0.5, 0.6) is 0 Å². The fraction of sp³-hybridized carbons (Fsp3) is 0.385. The number of hydrogen-bond acceptors (Lipinski definition) is 5. The van der Waals surface area contributed by atoms with Crippen molar-refractivity contribution in [1.82, 2.24) is 15.1 Å². The van der Waals surface area contributed by atoms with Crippen LogP contribution in [0.1, 0.15) is 30.8 Å². The van der Waals surface area contributed by atoms with Gasteiger partial charge in [-0.1, -0.05) is 13.0 Å². The largest absolute Gasteiger partial charge is 0.351 e. The Morgan fingerprint density at radius 2 is 2.18 bits per heavy atom. The predicted octanol–water partition coefficient (Wildman–Crippen LogP) is 1.91. The lowest BCUT2D eigenvalue weighted by atomic mass is 10.3. The average molecular weight is 342 g/mol. The molecular weight excluding hydrogens is 324 g/mol. The molecule has 2 heterocycles. The van der Waals surface area contributed by atoms with E-state index in [1.807, 2.05) is 13.8 Å². The molecule has 0 aliphatic carbocycles. The molecule has 0 saturated carbocycles. The first kappa shape index (κ1) is 16.5. The molecule has 1 amide bonds. The van der Waals surface area contributed by atoms with E-state index in [9.17, 15) is 13.2 Å². The highest BCUT2D eigenvalue weighted by molar-refractivity contribution is 7.94. The van der Waals surface area contributed by atoms with Crippen LogP contribution in [0.3, 0.4) is 0 Å². The molecule has 22 heavy (non-hydrogen) atoms. The minimum atomic E-state index is -3.71. The molecule has 2 aromatic heterocycles. The molecule has 0 fully saturated rings. The van der Waals surface area contributed by atoms with E-state index in [-0.39, 0.29) is 15.6 Å². The zero-order valence-corrected chi connectivity index (χ0v) is 14.0. The van der Waals surface area contributed by atoms with Crippen LogP contribution in [0.2, 0.25) is 0 Å². The van der Waals surface area contributed by atoms with Gasteiger partial charge in [0.2, 0.25) is 0 Å². The highest BCUT2D eigenvalue weighted by atomic mass is 32.2. The molecule has 2 rings (SSSR count). The Morgan fingerprint density at radius 3 is 2.77 bits per heavy atom. The third kappa shape index (κ3) is 3.66. The summed E-state index contributed by atoms with van der Waals surface area (Å²) in [5.41, 5.74) is 0.263. The Bertz CT molecular complexity index is 735. The first-order valence-electron chi connectivity index (χ1n) is 6.90. The van der Waals surface area contributed by atoms with Gasteiger partial charge in [0.15, 0.2) is 5.69 Å². The van der Waals surface area contributed by atoms with Gasteiger partial charge in [-0.15, -0.1) is 11.3 Å². The van der Waals surface area contributed by atoms with Gasteiger partial charge < -0.3 is 5.32 Å². The van der Waals surface area contributed by atoms with E-state index in [0.717, 1.165) is 17.8 Å². The number of nitrogens with zero attached hydrogens (tertiary/aromatic N) is 2. The van der Waals surface area contributed by atoms with E-state index >= 15 is 0 Å². The number of aryl methyl sites for hydroxylation is 1. The van der Waals surface area contributed by atoms with Crippen molar-refractivity contribution < 1.29 is 13.2 Å². The van der Waals surface area contributed by atoms with Crippen molar-refractivity contribution in [1.29, 1.82) is 0 Å². The van der Waals surface area contributed by atoms with Crippen molar-refractivity contribution >= 4 is 33.0 Å². The maximum atomic E-state index is 12.3.